The van der Waals surface area contributed by atoms with E-state index in [1.54, 1.807) is 0 Å². The van der Waals surface area contributed by atoms with Crippen LogP contribution in [0.25, 0.3) is 0 Å². The SMILES string of the molecule is O=C1NCCCC1NC(=O)C1CN(C(=O)c2cccc(F)c2)CCN1C(=O)NC1CCCCC1. The molecule has 3 N–H and O–H groups in total. The van der Waals surface area contributed by atoms with Gasteiger partial charge in [-0.1, -0.05) is 25.3 Å². The number of rotatable bonds is 4. The Balaban J connectivity index is 1.49. The minimum Gasteiger partial charge on any atom is -0.354 e. The van der Waals surface area contributed by atoms with E-state index < -0.39 is 29.7 Å². The average Bonchev–Trinajstić information content (AvgIpc) is 2.85. The van der Waals surface area contributed by atoms with Crippen molar-refractivity contribution in [3.05, 3.63) is 35.6 Å². The highest BCUT2D eigenvalue weighted by Gasteiger charge is 2.39. The number of nitrogens with zero attached hydrogens (tertiary/aromatic N) is 2. The van der Waals surface area contributed by atoms with Gasteiger partial charge >= 0.3 is 6.03 Å². The number of piperidine rings is 1. The molecule has 2 saturated heterocycles. The van der Waals surface area contributed by atoms with Gasteiger partial charge in [-0.3, -0.25) is 14.4 Å². The standard InChI is InChI=1S/C24H32FN5O4/c25-17-7-4-6-16(14-17)23(33)29-12-13-30(24(34)27-18-8-2-1-3-9-18)20(15-29)22(32)28-19-10-5-11-26-21(19)31/h4,6-7,14,18-20H,1-3,5,8-13,15H2,(H,26,31)(H,27,34)(H,28,32). The maximum absolute atomic E-state index is 13.7. The first-order valence-corrected chi connectivity index (χ1v) is 12.1. The van der Waals surface area contributed by atoms with Gasteiger partial charge in [0.1, 0.15) is 17.9 Å². The van der Waals surface area contributed by atoms with Crippen LogP contribution in [0.4, 0.5) is 9.18 Å². The van der Waals surface area contributed by atoms with E-state index in [4.69, 9.17) is 0 Å². The lowest BCUT2D eigenvalue weighted by molar-refractivity contribution is -0.133. The van der Waals surface area contributed by atoms with Crippen LogP contribution in [0.1, 0.15) is 55.3 Å². The Morgan fingerprint density at radius 3 is 2.53 bits per heavy atom. The second-order valence-electron chi connectivity index (χ2n) is 9.25. The fraction of sp³-hybridized carbons (Fsp3) is 0.583. The van der Waals surface area contributed by atoms with Gasteiger partial charge in [0.05, 0.1) is 6.54 Å². The van der Waals surface area contributed by atoms with Crippen molar-refractivity contribution in [2.45, 2.75) is 63.1 Å². The third-order valence-corrected chi connectivity index (χ3v) is 6.84. The summed E-state index contributed by atoms with van der Waals surface area (Å²) in [5, 5.41) is 8.54. The largest absolute Gasteiger partial charge is 0.354 e. The van der Waals surface area contributed by atoms with Gasteiger partial charge in [-0.25, -0.2) is 9.18 Å². The molecule has 0 spiro atoms. The van der Waals surface area contributed by atoms with Crippen molar-refractivity contribution >= 4 is 23.8 Å². The molecule has 1 saturated carbocycles. The normalized spacial score (nSPS) is 23.7. The monoisotopic (exact) mass is 473 g/mol. The van der Waals surface area contributed by atoms with Crippen LogP contribution in [-0.4, -0.2) is 77.9 Å². The molecular formula is C24H32FN5O4. The minimum atomic E-state index is -0.954. The summed E-state index contributed by atoms with van der Waals surface area (Å²) in [6.07, 6.45) is 6.35. The molecule has 34 heavy (non-hydrogen) atoms. The van der Waals surface area contributed by atoms with E-state index >= 15 is 0 Å². The summed E-state index contributed by atoms with van der Waals surface area (Å²) in [6, 6.07) is 3.52. The van der Waals surface area contributed by atoms with Crippen LogP contribution in [-0.2, 0) is 9.59 Å². The molecule has 184 valence electrons. The van der Waals surface area contributed by atoms with Gasteiger partial charge < -0.3 is 25.8 Å². The van der Waals surface area contributed by atoms with Gasteiger partial charge in [-0.05, 0) is 43.9 Å². The van der Waals surface area contributed by atoms with Crippen LogP contribution in [0.15, 0.2) is 24.3 Å². The highest BCUT2D eigenvalue weighted by atomic mass is 19.1. The van der Waals surface area contributed by atoms with Gasteiger partial charge in [-0.2, -0.15) is 0 Å². The molecule has 0 aromatic heterocycles. The fourth-order valence-electron chi connectivity index (χ4n) is 4.92. The number of piperazine rings is 1. The molecule has 5 amide bonds. The summed E-state index contributed by atoms with van der Waals surface area (Å²) in [5.41, 5.74) is 0.186. The fourth-order valence-corrected chi connectivity index (χ4v) is 4.92. The molecule has 1 aromatic rings. The minimum absolute atomic E-state index is 0.0341. The number of hydrogen-bond acceptors (Lipinski definition) is 4. The van der Waals surface area contributed by atoms with E-state index in [9.17, 15) is 23.6 Å². The number of carbonyl (C=O) groups excluding carboxylic acids is 4. The zero-order chi connectivity index (χ0) is 24.1. The van der Waals surface area contributed by atoms with Crippen molar-refractivity contribution in [3.8, 4) is 0 Å². The second kappa shape index (κ2) is 10.8. The molecule has 0 radical (unpaired) electrons. The number of amides is 5. The highest BCUT2D eigenvalue weighted by Crippen LogP contribution is 2.20. The Morgan fingerprint density at radius 2 is 1.79 bits per heavy atom. The first-order chi connectivity index (χ1) is 16.4. The number of carbonyl (C=O) groups is 4. The predicted octanol–water partition coefficient (Wildman–Crippen LogP) is 1.39. The van der Waals surface area contributed by atoms with Crippen LogP contribution in [0.3, 0.4) is 0 Å². The Bertz CT molecular complexity index is 936. The smallest absolute Gasteiger partial charge is 0.318 e. The van der Waals surface area contributed by atoms with Gasteiger partial charge in [-0.15, -0.1) is 0 Å². The number of hydrogen-bond donors (Lipinski definition) is 3. The van der Waals surface area contributed by atoms with E-state index in [0.29, 0.717) is 13.0 Å². The number of halogens is 1. The quantitative estimate of drug-likeness (QED) is 0.614. The van der Waals surface area contributed by atoms with E-state index in [1.807, 2.05) is 0 Å². The summed E-state index contributed by atoms with van der Waals surface area (Å²) >= 11 is 0. The Morgan fingerprint density at radius 1 is 1.00 bits per heavy atom. The molecule has 1 aromatic carbocycles. The lowest BCUT2D eigenvalue weighted by Gasteiger charge is -2.41. The zero-order valence-corrected chi connectivity index (χ0v) is 19.2. The maximum Gasteiger partial charge on any atom is 0.318 e. The summed E-state index contributed by atoms with van der Waals surface area (Å²) in [5.74, 6) is -1.65. The third-order valence-electron chi connectivity index (χ3n) is 6.84. The van der Waals surface area contributed by atoms with E-state index in [1.165, 1.54) is 28.0 Å². The molecular weight excluding hydrogens is 441 g/mol. The van der Waals surface area contributed by atoms with E-state index in [-0.39, 0.29) is 43.2 Å². The number of urea groups is 1. The molecule has 2 unspecified atom stereocenters. The molecule has 0 bridgehead atoms. The molecule has 3 fully saturated rings. The zero-order valence-electron chi connectivity index (χ0n) is 19.2. The summed E-state index contributed by atoms with van der Waals surface area (Å²) in [6.45, 7) is 0.920. The summed E-state index contributed by atoms with van der Waals surface area (Å²) < 4.78 is 13.7. The molecule has 2 heterocycles. The second-order valence-corrected chi connectivity index (χ2v) is 9.25. The van der Waals surface area contributed by atoms with Gasteiger partial charge in [0, 0.05) is 31.2 Å². The molecule has 4 rings (SSSR count). The van der Waals surface area contributed by atoms with Crippen LogP contribution in [0.5, 0.6) is 0 Å². The van der Waals surface area contributed by atoms with Crippen LogP contribution < -0.4 is 16.0 Å². The highest BCUT2D eigenvalue weighted by molar-refractivity contribution is 5.96. The first-order valence-electron chi connectivity index (χ1n) is 12.1. The molecule has 3 aliphatic rings. The summed E-state index contributed by atoms with van der Waals surface area (Å²) in [4.78, 5) is 54.5. The van der Waals surface area contributed by atoms with E-state index in [0.717, 1.165) is 44.6 Å². The molecule has 2 aliphatic heterocycles. The van der Waals surface area contributed by atoms with E-state index in [2.05, 4.69) is 16.0 Å². The van der Waals surface area contributed by atoms with Gasteiger partial charge in [0.15, 0.2) is 0 Å². The van der Waals surface area contributed by atoms with Crippen LogP contribution in [0.2, 0.25) is 0 Å². The maximum atomic E-state index is 13.7. The van der Waals surface area contributed by atoms with Gasteiger partial charge in [0.25, 0.3) is 5.91 Å². The lowest BCUT2D eigenvalue weighted by Crippen LogP contribution is -2.65. The first kappa shape index (κ1) is 24.0. The van der Waals surface area contributed by atoms with Crippen molar-refractivity contribution in [1.82, 2.24) is 25.8 Å². The molecule has 10 heteroatoms. The molecule has 1 aliphatic carbocycles. The Kier molecular flexibility index (Phi) is 7.64. The molecule has 2 atom stereocenters. The third kappa shape index (κ3) is 5.66. The van der Waals surface area contributed by atoms with Crippen LogP contribution in [0, 0.1) is 5.82 Å². The van der Waals surface area contributed by atoms with Crippen molar-refractivity contribution < 1.29 is 23.6 Å². The molecule has 9 nitrogen and oxygen atoms in total. The Hall–Kier alpha value is -3.17. The van der Waals surface area contributed by atoms with Crippen molar-refractivity contribution in [3.63, 3.8) is 0 Å². The number of nitrogens with one attached hydrogen (secondary N) is 3. The van der Waals surface area contributed by atoms with Crippen molar-refractivity contribution in [1.29, 1.82) is 0 Å². The van der Waals surface area contributed by atoms with Crippen molar-refractivity contribution in [2.75, 3.05) is 26.2 Å². The van der Waals surface area contributed by atoms with Crippen molar-refractivity contribution in [2.24, 2.45) is 0 Å². The number of benzene rings is 1. The summed E-state index contributed by atoms with van der Waals surface area (Å²) in [7, 11) is 0. The Labute approximate surface area is 198 Å². The van der Waals surface area contributed by atoms with Gasteiger partial charge in [0.2, 0.25) is 11.8 Å². The topological polar surface area (TPSA) is 111 Å². The average molecular weight is 474 g/mol. The predicted molar refractivity (Wildman–Crippen MR) is 122 cm³/mol. The lowest BCUT2D eigenvalue weighted by atomic mass is 9.95. The van der Waals surface area contributed by atoms with Crippen LogP contribution >= 0.6 is 0 Å².